The molecule has 0 bridgehead atoms. The van der Waals surface area contributed by atoms with E-state index < -0.39 is 89.0 Å². The molecule has 0 aromatic rings. The second kappa shape index (κ2) is 10.2. The normalized spacial score (nSPS) is 46.3. The molecule has 11 heteroatoms. The quantitative estimate of drug-likeness (QED) is 0.221. The summed E-state index contributed by atoms with van der Waals surface area (Å²) in [4.78, 5) is 50.2. The van der Waals surface area contributed by atoms with Gasteiger partial charge in [-0.3, -0.25) is 14.4 Å². The fourth-order valence-corrected chi connectivity index (χ4v) is 7.17. The van der Waals surface area contributed by atoms with Gasteiger partial charge in [-0.25, -0.2) is 4.79 Å². The summed E-state index contributed by atoms with van der Waals surface area (Å²) in [5.41, 5.74) is -3.82. The number of aliphatic hydroxyl groups excluding tert-OH is 2. The SMILES string of the molecule is CCCC(=O)O[C@@H]1C[C@H](OC(C)=O)[C@@]2(C)[C@H]([C@H]1C)[C@H](O)[C@]13O[C@@]1(C)C(=O)O[C@H]3/C=C(/C)[C@H](O)C[C@@H]2OC(C)=O. The maximum atomic E-state index is 12.9. The molecule has 11 nitrogen and oxygen atoms in total. The lowest BCUT2D eigenvalue weighted by Gasteiger charge is -2.56. The molecule has 0 amide bonds. The Morgan fingerprint density at radius 2 is 1.64 bits per heavy atom. The average Bonchev–Trinajstić information content (AvgIpc) is 3.42. The van der Waals surface area contributed by atoms with E-state index in [0.29, 0.717) is 12.0 Å². The molecule has 11 atom stereocenters. The van der Waals surface area contributed by atoms with Crippen molar-refractivity contribution < 1.29 is 53.1 Å². The van der Waals surface area contributed by atoms with E-state index in [2.05, 4.69) is 0 Å². The van der Waals surface area contributed by atoms with E-state index in [0.717, 1.165) is 0 Å². The van der Waals surface area contributed by atoms with Crippen molar-refractivity contribution in [3.8, 4) is 0 Å². The van der Waals surface area contributed by atoms with Crippen LogP contribution >= 0.6 is 0 Å². The first-order valence-corrected chi connectivity index (χ1v) is 13.6. The number of hydrogen-bond donors (Lipinski definition) is 2. The van der Waals surface area contributed by atoms with Crippen LogP contribution in [0.2, 0.25) is 0 Å². The van der Waals surface area contributed by atoms with Crippen molar-refractivity contribution in [3.05, 3.63) is 11.6 Å². The molecule has 0 unspecified atom stereocenters. The van der Waals surface area contributed by atoms with Crippen molar-refractivity contribution in [2.45, 2.75) is 122 Å². The molecule has 2 aliphatic carbocycles. The van der Waals surface area contributed by atoms with Crippen LogP contribution in [0, 0.1) is 17.3 Å². The number of carbonyl (C=O) groups excluding carboxylic acids is 4. The van der Waals surface area contributed by atoms with E-state index in [1.807, 2.05) is 6.92 Å². The molecule has 2 aliphatic heterocycles. The number of rotatable bonds is 5. The molecule has 4 aliphatic rings. The second-order valence-electron chi connectivity index (χ2n) is 11.8. The van der Waals surface area contributed by atoms with E-state index in [9.17, 15) is 29.4 Å². The van der Waals surface area contributed by atoms with Gasteiger partial charge in [-0.2, -0.15) is 0 Å². The molecule has 2 heterocycles. The Balaban J connectivity index is 1.92. The van der Waals surface area contributed by atoms with E-state index in [-0.39, 0.29) is 19.3 Å². The van der Waals surface area contributed by atoms with Crippen molar-refractivity contribution in [3.63, 3.8) is 0 Å². The number of hydrogen-bond acceptors (Lipinski definition) is 11. The summed E-state index contributed by atoms with van der Waals surface area (Å²) in [6.45, 7) is 11.1. The lowest BCUT2D eigenvalue weighted by molar-refractivity contribution is -0.232. The van der Waals surface area contributed by atoms with Gasteiger partial charge in [0.25, 0.3) is 0 Å². The van der Waals surface area contributed by atoms with Crippen LogP contribution in [0.4, 0.5) is 0 Å². The molecule has 1 saturated carbocycles. The highest BCUT2D eigenvalue weighted by molar-refractivity contribution is 5.89. The van der Waals surface area contributed by atoms with Gasteiger partial charge in [0.15, 0.2) is 17.3 Å². The smallest absolute Gasteiger partial charge is 0.342 e. The number of ether oxygens (including phenoxy) is 5. The van der Waals surface area contributed by atoms with Crippen LogP contribution in [0.25, 0.3) is 0 Å². The Kier molecular flexibility index (Phi) is 7.68. The second-order valence-corrected chi connectivity index (χ2v) is 11.8. The first-order valence-electron chi connectivity index (χ1n) is 13.6. The zero-order valence-corrected chi connectivity index (χ0v) is 23.6. The Bertz CT molecular complexity index is 1070. The summed E-state index contributed by atoms with van der Waals surface area (Å²) >= 11 is 0. The third-order valence-electron chi connectivity index (χ3n) is 9.34. The minimum atomic E-state index is -1.51. The van der Waals surface area contributed by atoms with Gasteiger partial charge in [-0.15, -0.1) is 0 Å². The van der Waals surface area contributed by atoms with Gasteiger partial charge in [0.1, 0.15) is 18.3 Å². The molecular formula is C28H40O11. The van der Waals surface area contributed by atoms with Crippen molar-refractivity contribution in [2.24, 2.45) is 17.3 Å². The van der Waals surface area contributed by atoms with E-state index in [1.165, 1.54) is 13.8 Å². The van der Waals surface area contributed by atoms with Crippen LogP contribution in [0.15, 0.2) is 11.6 Å². The number of fused-ring (bicyclic) bond motifs is 1. The molecule has 4 rings (SSSR count). The molecule has 1 spiro atoms. The van der Waals surface area contributed by atoms with Crippen LogP contribution in [0.1, 0.15) is 74.1 Å². The standard InChI is InChI=1S/C28H40O11/c1-8-9-22(32)37-18-12-20(36-16(5)30)26(6)19(35-15(4)29)11-17(31)13(2)10-21-28(24(33)23(26)14(18)3)27(7,39-28)25(34)38-21/h10,14,17-21,23-24,31,33H,8-9,11-12H2,1-7H3/b13-10-/t14-,17+,18+,19-,20-,21-,23+,24-,26-,27-,28-/m0/s1. The summed E-state index contributed by atoms with van der Waals surface area (Å²) < 4.78 is 29.1. The Morgan fingerprint density at radius 3 is 2.18 bits per heavy atom. The fourth-order valence-electron chi connectivity index (χ4n) is 7.17. The van der Waals surface area contributed by atoms with Gasteiger partial charge in [-0.1, -0.05) is 20.8 Å². The summed E-state index contributed by atoms with van der Waals surface area (Å²) in [7, 11) is 0. The first-order chi connectivity index (χ1) is 18.1. The van der Waals surface area contributed by atoms with Gasteiger partial charge < -0.3 is 33.9 Å². The average molecular weight is 553 g/mol. The number of esters is 4. The van der Waals surface area contributed by atoms with Crippen LogP contribution in [0.5, 0.6) is 0 Å². The van der Waals surface area contributed by atoms with Crippen LogP contribution in [-0.4, -0.2) is 81.9 Å². The number of aliphatic hydroxyl groups is 2. The molecule has 0 radical (unpaired) electrons. The first kappa shape index (κ1) is 29.5. The molecule has 0 aromatic carbocycles. The highest BCUT2D eigenvalue weighted by atomic mass is 16.7. The maximum Gasteiger partial charge on any atom is 0.342 e. The van der Waals surface area contributed by atoms with Gasteiger partial charge in [-0.05, 0) is 37.8 Å². The van der Waals surface area contributed by atoms with E-state index in [1.54, 1.807) is 33.8 Å². The summed E-state index contributed by atoms with van der Waals surface area (Å²) in [6.07, 6.45) is -3.95. The van der Waals surface area contributed by atoms with E-state index >= 15 is 0 Å². The monoisotopic (exact) mass is 552 g/mol. The summed E-state index contributed by atoms with van der Waals surface area (Å²) in [5, 5.41) is 23.4. The fraction of sp³-hybridized carbons (Fsp3) is 0.786. The van der Waals surface area contributed by atoms with Gasteiger partial charge >= 0.3 is 23.9 Å². The minimum absolute atomic E-state index is 0.0712. The predicted octanol–water partition coefficient (Wildman–Crippen LogP) is 1.75. The van der Waals surface area contributed by atoms with Crippen molar-refractivity contribution in [1.29, 1.82) is 0 Å². The minimum Gasteiger partial charge on any atom is -0.462 e. The Hall–Kier alpha value is -2.50. The predicted molar refractivity (Wildman–Crippen MR) is 134 cm³/mol. The van der Waals surface area contributed by atoms with Gasteiger partial charge in [0, 0.05) is 44.4 Å². The summed E-state index contributed by atoms with van der Waals surface area (Å²) in [5.74, 6) is -3.75. The number of epoxide rings is 1. The van der Waals surface area contributed by atoms with Crippen LogP contribution in [-0.2, 0) is 42.9 Å². The Morgan fingerprint density at radius 1 is 1.05 bits per heavy atom. The van der Waals surface area contributed by atoms with Crippen molar-refractivity contribution in [2.75, 3.05) is 0 Å². The third-order valence-corrected chi connectivity index (χ3v) is 9.34. The zero-order valence-electron chi connectivity index (χ0n) is 23.6. The van der Waals surface area contributed by atoms with E-state index in [4.69, 9.17) is 23.7 Å². The van der Waals surface area contributed by atoms with Crippen molar-refractivity contribution >= 4 is 23.9 Å². The lowest BCUT2D eigenvalue weighted by Crippen LogP contribution is -2.66. The zero-order chi connectivity index (χ0) is 29.1. The highest BCUT2D eigenvalue weighted by Crippen LogP contribution is 2.65. The number of carbonyl (C=O) groups is 4. The van der Waals surface area contributed by atoms with Gasteiger partial charge in [0.05, 0.1) is 12.2 Å². The molecule has 3 fully saturated rings. The third kappa shape index (κ3) is 4.56. The molecule has 0 aromatic heterocycles. The highest BCUT2D eigenvalue weighted by Gasteiger charge is 2.86. The molecule has 2 saturated heterocycles. The molecule has 2 N–H and O–H groups in total. The topological polar surface area (TPSA) is 158 Å². The van der Waals surface area contributed by atoms with Crippen molar-refractivity contribution in [1.82, 2.24) is 0 Å². The van der Waals surface area contributed by atoms with Crippen LogP contribution in [0.3, 0.4) is 0 Å². The molecule has 218 valence electrons. The largest absolute Gasteiger partial charge is 0.462 e. The Labute approximate surface area is 228 Å². The maximum absolute atomic E-state index is 12.9. The molecular weight excluding hydrogens is 512 g/mol. The van der Waals surface area contributed by atoms with Crippen LogP contribution < -0.4 is 0 Å². The van der Waals surface area contributed by atoms with Gasteiger partial charge in [0.2, 0.25) is 0 Å². The lowest BCUT2D eigenvalue weighted by atomic mass is 9.53. The summed E-state index contributed by atoms with van der Waals surface area (Å²) in [6, 6.07) is 0. The molecule has 39 heavy (non-hydrogen) atoms.